The minimum atomic E-state index is -2.41. The van der Waals surface area contributed by atoms with Crippen LogP contribution < -0.4 is 37.1 Å². The van der Waals surface area contributed by atoms with Crippen LogP contribution in [0.2, 0.25) is 0 Å². The molecule has 612 valence electrons. The second-order valence-electron chi connectivity index (χ2n) is 30.1. The van der Waals surface area contributed by atoms with E-state index in [0.717, 1.165) is 5.56 Å². The number of nitrogens with one attached hydrogen (secondary N) is 5. The number of hydrogen-bond donors (Lipinski definition) is 6. The number of carbonyl (C=O) groups is 11. The van der Waals surface area contributed by atoms with Crippen molar-refractivity contribution in [3.05, 3.63) is 94.8 Å². The van der Waals surface area contributed by atoms with E-state index in [-0.39, 0.29) is 131 Å². The Balaban J connectivity index is 1.15. The number of Topliss-reactive ketones (excluding diaryl/α,β-unsaturated/α-hetero) is 2. The van der Waals surface area contributed by atoms with E-state index in [1.807, 2.05) is 90.9 Å². The number of primary amides is 1. The number of nitrogens with two attached hydrogens (primary N) is 1. The molecule has 2 aliphatic heterocycles. The molecule has 0 spiro atoms. The summed E-state index contributed by atoms with van der Waals surface area (Å²) in [5, 5.41) is 14.0. The predicted octanol–water partition coefficient (Wildman–Crippen LogP) is 7.83. The number of esters is 1. The molecule has 2 unspecified atom stereocenters. The fourth-order valence-electron chi connectivity index (χ4n) is 14.5. The Morgan fingerprint density at radius 3 is 1.81 bits per heavy atom. The highest BCUT2D eigenvalue weighted by atomic mass is 19.2. The molecule has 3 aromatic rings. The van der Waals surface area contributed by atoms with Gasteiger partial charge in [-0.15, -0.1) is 0 Å². The van der Waals surface area contributed by atoms with Crippen LogP contribution in [-0.4, -0.2) is 214 Å². The van der Waals surface area contributed by atoms with Gasteiger partial charge in [-0.25, -0.2) is 18.0 Å². The van der Waals surface area contributed by atoms with Crippen molar-refractivity contribution in [2.24, 2.45) is 53.1 Å². The van der Waals surface area contributed by atoms with Gasteiger partial charge in [0.15, 0.2) is 5.78 Å². The highest BCUT2D eigenvalue weighted by molar-refractivity contribution is 5.98. The van der Waals surface area contributed by atoms with Crippen LogP contribution in [0.1, 0.15) is 145 Å². The van der Waals surface area contributed by atoms with E-state index in [2.05, 4.69) is 31.3 Å². The van der Waals surface area contributed by atoms with E-state index < -0.39 is 162 Å². The van der Waals surface area contributed by atoms with Gasteiger partial charge in [-0.2, -0.15) is 8.78 Å². The summed E-state index contributed by atoms with van der Waals surface area (Å²) >= 11 is 0. The Bertz CT molecular complexity index is 3560. The number of urea groups is 1. The van der Waals surface area contributed by atoms with E-state index in [1.54, 1.807) is 68.8 Å². The molecule has 2 aliphatic rings. The number of nitrogens with zero attached hydrogens (tertiary/aromatic N) is 4. The van der Waals surface area contributed by atoms with Gasteiger partial charge in [0.2, 0.25) is 76.2 Å². The topological polar surface area (TPSA) is 333 Å². The smallest absolute Gasteiger partial charge is 0.314 e. The van der Waals surface area contributed by atoms with E-state index >= 15 is 0 Å². The third-order valence-electron chi connectivity index (χ3n) is 20.8. The number of anilines is 1. The second kappa shape index (κ2) is 44.5. The molecule has 2 saturated heterocycles. The van der Waals surface area contributed by atoms with Gasteiger partial charge in [0.25, 0.3) is 0 Å². The first kappa shape index (κ1) is 92.1. The van der Waals surface area contributed by atoms with E-state index in [9.17, 15) is 74.7 Å². The van der Waals surface area contributed by atoms with Crippen molar-refractivity contribution in [2.75, 3.05) is 86.7 Å². The van der Waals surface area contributed by atoms with Crippen LogP contribution in [-0.2, 0) is 79.9 Å². The van der Waals surface area contributed by atoms with Gasteiger partial charge in [-0.3, -0.25) is 52.8 Å². The molecule has 7 N–H and O–H groups in total. The lowest BCUT2D eigenvalue weighted by molar-refractivity contribution is -0.148. The summed E-state index contributed by atoms with van der Waals surface area (Å²) < 4.78 is 96.9. The van der Waals surface area contributed by atoms with Crippen LogP contribution >= 0.6 is 0 Å². The zero-order valence-electron chi connectivity index (χ0n) is 66.2. The van der Waals surface area contributed by atoms with Crippen LogP contribution in [0, 0.1) is 76.4 Å². The number of halogens is 5. The first-order chi connectivity index (χ1) is 52.0. The highest BCUT2D eigenvalue weighted by Gasteiger charge is 2.45. The number of benzene rings is 3. The molecule has 110 heavy (non-hydrogen) atoms. The number of amides is 9. The number of likely N-dealkylation sites (tertiary alicyclic amines) is 2. The molecule has 0 aliphatic carbocycles. The third kappa shape index (κ3) is 26.3. The number of rotatable bonds is 44. The Hall–Kier alpha value is -8.52. The molecule has 9 amide bonds. The minimum Gasteiger partial charge on any atom is -0.420 e. The zero-order chi connectivity index (χ0) is 82.0. The third-order valence-corrected chi connectivity index (χ3v) is 20.8. The molecule has 5 rings (SSSR count). The van der Waals surface area contributed by atoms with Crippen LogP contribution in [0.15, 0.2) is 54.6 Å². The van der Waals surface area contributed by atoms with Crippen molar-refractivity contribution in [1.29, 1.82) is 0 Å². The summed E-state index contributed by atoms with van der Waals surface area (Å²) in [6.45, 7) is 17.7. The molecular weight excluding hydrogens is 1440 g/mol. The summed E-state index contributed by atoms with van der Waals surface area (Å²) in [7, 11) is 8.38. The normalized spacial score (nSPS) is 17.9. The Kier molecular flexibility index (Phi) is 37.3. The number of piperidine rings is 1. The average Bonchev–Trinajstić information content (AvgIpc) is 0.925. The van der Waals surface area contributed by atoms with Gasteiger partial charge in [-0.1, -0.05) is 111 Å². The zero-order valence-corrected chi connectivity index (χ0v) is 66.2. The molecule has 31 heteroatoms. The van der Waals surface area contributed by atoms with Crippen molar-refractivity contribution in [3.8, 4) is 5.75 Å². The average molecular weight is 1560 g/mol. The monoisotopic (exact) mass is 1550 g/mol. The van der Waals surface area contributed by atoms with Crippen molar-refractivity contribution in [3.63, 3.8) is 0 Å². The predicted molar refractivity (Wildman–Crippen MR) is 399 cm³/mol. The summed E-state index contributed by atoms with van der Waals surface area (Å²) in [6, 6.07) is 11.1. The summed E-state index contributed by atoms with van der Waals surface area (Å²) in [5.41, 5.74) is 7.13. The molecule has 3 aromatic carbocycles. The molecule has 2 fully saturated rings. The molecule has 0 radical (unpaired) electrons. The van der Waals surface area contributed by atoms with Crippen LogP contribution in [0.25, 0.3) is 0 Å². The highest BCUT2D eigenvalue weighted by Crippen LogP contribution is 2.34. The van der Waals surface area contributed by atoms with Crippen LogP contribution in [0.3, 0.4) is 0 Å². The first-order valence-electron chi connectivity index (χ1n) is 37.8. The maximum absolute atomic E-state index is 14.7. The van der Waals surface area contributed by atoms with Crippen molar-refractivity contribution in [1.82, 2.24) is 40.9 Å². The van der Waals surface area contributed by atoms with Crippen LogP contribution in [0.4, 0.5) is 32.4 Å². The van der Waals surface area contributed by atoms with Gasteiger partial charge in [0, 0.05) is 89.8 Å². The maximum atomic E-state index is 14.7. The lowest BCUT2D eigenvalue weighted by atomic mass is 9.85. The van der Waals surface area contributed by atoms with Crippen LogP contribution in [0.5, 0.6) is 5.75 Å². The van der Waals surface area contributed by atoms with Gasteiger partial charge < -0.3 is 70.7 Å². The summed E-state index contributed by atoms with van der Waals surface area (Å²) in [5.74, 6) is -22.4. The number of ketones is 2. The van der Waals surface area contributed by atoms with E-state index in [4.69, 9.17) is 24.7 Å². The Labute approximate surface area is 642 Å². The largest absolute Gasteiger partial charge is 0.420 e. The number of carbonyl (C=O) groups excluding carboxylic acids is 11. The quantitative estimate of drug-likeness (QED) is 0.00784. The summed E-state index contributed by atoms with van der Waals surface area (Å²) in [6.07, 6.45) is 0.374. The van der Waals surface area contributed by atoms with Gasteiger partial charge in [-0.05, 0) is 113 Å². The lowest BCUT2D eigenvalue weighted by Crippen LogP contribution is -2.59. The van der Waals surface area contributed by atoms with E-state index in [0.29, 0.717) is 37.1 Å². The summed E-state index contributed by atoms with van der Waals surface area (Å²) in [4.78, 5) is 157. The van der Waals surface area contributed by atoms with Gasteiger partial charge in [0.1, 0.15) is 25.0 Å². The van der Waals surface area contributed by atoms with Crippen molar-refractivity contribution in [2.45, 2.75) is 195 Å². The van der Waals surface area contributed by atoms with E-state index in [1.165, 1.54) is 19.1 Å². The maximum Gasteiger partial charge on any atom is 0.314 e. The van der Waals surface area contributed by atoms with Crippen molar-refractivity contribution < 1.29 is 98.4 Å². The van der Waals surface area contributed by atoms with Crippen molar-refractivity contribution >= 4 is 70.6 Å². The Morgan fingerprint density at radius 1 is 0.636 bits per heavy atom. The molecule has 13 atom stereocenters. The van der Waals surface area contributed by atoms with Gasteiger partial charge >= 0.3 is 12.0 Å². The fraction of sp³-hybridized carbons (Fsp3) is 0.633. The fourth-order valence-corrected chi connectivity index (χ4v) is 14.5. The standard InChI is InChI=1S/C79H115F5N10O16/c1-16-47(8)71(92(13)77(103)69(45(4)5)90-76(102)70(46(6)7)91(11)12)59(106-14)40-61(98)94-32-21-25-56(94)72(107-15)49(10)57(95)39-54(37-50-22-18-17-19-23-50)74(100)87-41-51-26-28-55(29-27-51)88-75(101)52(24-20-31-86-79(85)105)38-58(96)68(44(2)3)89-60(97)42-108-34-35-109-43-62(99)93-33-30-53(36-48(93)9)78(104)110-73-66(83)64(81)63(80)65(82)67(73)84/h17-19,22-23,26-29,44-49,52-54,56,59,68-72H,16,20-21,24-25,30-43H2,1-15H3,(H,87,100)(H,88,101)(H,89,97)(H,90,102)(H3,85,86,105)/t47-,48?,49-,52+,53?,54+,56-,59+,68-,69-,70-,71-,72+/m0/s1. The molecule has 0 saturated carbocycles. The Morgan fingerprint density at radius 2 is 1.25 bits per heavy atom. The lowest BCUT2D eigenvalue weighted by Gasteiger charge is -2.41. The molecule has 0 aromatic heterocycles. The minimum absolute atomic E-state index is 0.0181. The number of ether oxygens (including phenoxy) is 5. The second-order valence-corrected chi connectivity index (χ2v) is 30.1. The molecular formula is C79H115F5N10O16. The van der Waals surface area contributed by atoms with Gasteiger partial charge in [0.05, 0.1) is 61.9 Å². The SMILES string of the molecule is CC[C@H](C)[C@@H]([C@@H](CC(=O)N1CCC[C@H]1[C@H](OC)[C@@H](C)C(=O)C[C@@H](Cc1ccccc1)C(=O)NCc1ccc(NC(=O)[C@H](CCCNC(N)=O)CC(=O)[C@@H](NC(=O)COCCOCC(=O)N2CCC(C(=O)Oc3c(F)c(F)c(F)c(F)c3F)CC2C)C(C)C)cc1)OC)N(C)C(=O)[C@@H](NC(=O)[C@H](C(C)C)N(C)C)C(C)C. The molecule has 2 heterocycles. The molecule has 0 bridgehead atoms. The number of likely N-dealkylation sites (N-methyl/N-ethyl adjacent to an activating group) is 2. The number of hydrogen-bond acceptors (Lipinski definition) is 17. The first-order valence-corrected chi connectivity index (χ1v) is 37.8. The number of methoxy groups -OCH3 is 2. The molecule has 26 nitrogen and oxygen atoms in total.